The monoisotopic (exact) mass is 296 g/mol. The SMILES string of the molecule is c1ccc2c(c1)Cc1sc(C3CCN4CCCC3C4)nc1-2. The topological polar surface area (TPSA) is 16.1 Å². The fraction of sp³-hybridized carbons (Fsp3) is 0.500. The molecule has 2 aromatic rings. The van der Waals surface area contributed by atoms with Crippen molar-refractivity contribution in [2.75, 3.05) is 19.6 Å². The first-order valence-electron chi connectivity index (χ1n) is 8.19. The van der Waals surface area contributed by atoms with E-state index in [0.29, 0.717) is 0 Å². The van der Waals surface area contributed by atoms with Gasteiger partial charge in [0.2, 0.25) is 0 Å². The molecule has 2 saturated heterocycles. The molecule has 3 aliphatic rings. The van der Waals surface area contributed by atoms with Gasteiger partial charge in [-0.15, -0.1) is 11.3 Å². The zero-order valence-corrected chi connectivity index (χ0v) is 13.0. The molecule has 3 heteroatoms. The lowest BCUT2D eigenvalue weighted by molar-refractivity contribution is 0.105. The van der Waals surface area contributed by atoms with E-state index in [2.05, 4.69) is 29.2 Å². The van der Waals surface area contributed by atoms with Crippen LogP contribution in [0.15, 0.2) is 24.3 Å². The Bertz CT molecular complexity index is 690. The largest absolute Gasteiger partial charge is 0.303 e. The first-order chi connectivity index (χ1) is 10.4. The van der Waals surface area contributed by atoms with E-state index in [1.807, 2.05) is 11.3 Å². The van der Waals surface area contributed by atoms with Gasteiger partial charge in [0.25, 0.3) is 0 Å². The number of piperidine rings is 2. The number of hydrogen-bond donors (Lipinski definition) is 0. The van der Waals surface area contributed by atoms with E-state index >= 15 is 0 Å². The second-order valence-corrected chi connectivity index (χ2v) is 7.87. The molecule has 21 heavy (non-hydrogen) atoms. The summed E-state index contributed by atoms with van der Waals surface area (Å²) in [5, 5.41) is 1.43. The van der Waals surface area contributed by atoms with E-state index in [-0.39, 0.29) is 0 Å². The van der Waals surface area contributed by atoms with Crippen molar-refractivity contribution in [2.24, 2.45) is 5.92 Å². The number of aromatic nitrogens is 1. The Morgan fingerprint density at radius 2 is 2.10 bits per heavy atom. The molecule has 108 valence electrons. The van der Waals surface area contributed by atoms with Crippen LogP contribution in [-0.4, -0.2) is 29.5 Å². The predicted molar refractivity (Wildman–Crippen MR) is 86.9 cm³/mol. The van der Waals surface area contributed by atoms with Crippen LogP contribution in [0.2, 0.25) is 0 Å². The zero-order valence-electron chi connectivity index (χ0n) is 12.2. The van der Waals surface area contributed by atoms with Gasteiger partial charge in [-0.1, -0.05) is 24.3 Å². The lowest BCUT2D eigenvalue weighted by Gasteiger charge is -2.41. The summed E-state index contributed by atoms with van der Waals surface area (Å²) in [7, 11) is 0. The summed E-state index contributed by atoms with van der Waals surface area (Å²) in [6.45, 7) is 3.92. The van der Waals surface area contributed by atoms with Gasteiger partial charge < -0.3 is 4.90 Å². The van der Waals surface area contributed by atoms with Gasteiger partial charge in [0.05, 0.1) is 10.7 Å². The maximum absolute atomic E-state index is 5.10. The van der Waals surface area contributed by atoms with Crippen LogP contribution in [0.4, 0.5) is 0 Å². The molecule has 5 rings (SSSR count). The number of hydrogen-bond acceptors (Lipinski definition) is 3. The molecular formula is C18H20N2S. The number of thiazole rings is 1. The molecule has 2 fully saturated rings. The Morgan fingerprint density at radius 3 is 3.10 bits per heavy atom. The highest BCUT2D eigenvalue weighted by molar-refractivity contribution is 7.12. The first kappa shape index (κ1) is 12.4. The molecule has 3 heterocycles. The number of nitrogens with zero attached hydrogens (tertiary/aromatic N) is 2. The normalized spacial score (nSPS) is 30.0. The second kappa shape index (κ2) is 4.65. The Balaban J connectivity index is 1.50. The molecule has 0 spiro atoms. The number of benzene rings is 1. The molecule has 0 N–H and O–H groups in total. The van der Waals surface area contributed by atoms with Crippen molar-refractivity contribution in [1.82, 2.24) is 9.88 Å². The fourth-order valence-electron chi connectivity index (χ4n) is 4.44. The van der Waals surface area contributed by atoms with Gasteiger partial charge in [-0.3, -0.25) is 0 Å². The average Bonchev–Trinajstić information content (AvgIpc) is 3.05. The van der Waals surface area contributed by atoms with Crippen LogP contribution < -0.4 is 0 Å². The fourth-order valence-corrected chi connectivity index (χ4v) is 5.77. The van der Waals surface area contributed by atoms with Gasteiger partial charge in [0.1, 0.15) is 0 Å². The van der Waals surface area contributed by atoms with Gasteiger partial charge in [-0.2, -0.15) is 0 Å². The third kappa shape index (κ3) is 1.91. The molecule has 3 atom stereocenters. The van der Waals surface area contributed by atoms with Gasteiger partial charge in [0.15, 0.2) is 0 Å². The van der Waals surface area contributed by atoms with Crippen LogP contribution in [0.25, 0.3) is 11.3 Å². The highest BCUT2D eigenvalue weighted by atomic mass is 32.1. The highest BCUT2D eigenvalue weighted by Crippen LogP contribution is 2.45. The molecule has 0 saturated carbocycles. The molecular weight excluding hydrogens is 276 g/mol. The van der Waals surface area contributed by atoms with Crippen molar-refractivity contribution >= 4 is 11.3 Å². The van der Waals surface area contributed by atoms with Crippen molar-refractivity contribution in [1.29, 1.82) is 0 Å². The van der Waals surface area contributed by atoms with Crippen LogP contribution in [0.5, 0.6) is 0 Å². The van der Waals surface area contributed by atoms with Gasteiger partial charge >= 0.3 is 0 Å². The standard InChI is InChI=1S/C18H20N2S/c1-2-6-14-12(4-1)10-16-17(14)19-18(21-16)15-7-9-20-8-3-5-13(15)11-20/h1-2,4,6,13,15H,3,5,7-11H2. The summed E-state index contributed by atoms with van der Waals surface area (Å²) >= 11 is 2.00. The lowest BCUT2D eigenvalue weighted by atomic mass is 9.80. The van der Waals surface area contributed by atoms with Crippen LogP contribution in [0.1, 0.15) is 40.6 Å². The smallest absolute Gasteiger partial charge is 0.0970 e. The maximum atomic E-state index is 5.10. The van der Waals surface area contributed by atoms with Crippen LogP contribution >= 0.6 is 11.3 Å². The first-order valence-corrected chi connectivity index (χ1v) is 9.00. The summed E-state index contributed by atoms with van der Waals surface area (Å²) in [6.07, 6.45) is 5.21. The molecule has 0 amide bonds. The molecule has 2 bridgehead atoms. The van der Waals surface area contributed by atoms with E-state index in [4.69, 9.17) is 4.98 Å². The molecule has 1 aromatic heterocycles. The molecule has 2 nitrogen and oxygen atoms in total. The van der Waals surface area contributed by atoms with Crippen molar-refractivity contribution in [3.8, 4) is 11.3 Å². The Morgan fingerprint density at radius 1 is 1.14 bits per heavy atom. The zero-order chi connectivity index (χ0) is 13.8. The molecule has 3 unspecified atom stereocenters. The van der Waals surface area contributed by atoms with E-state index in [0.717, 1.165) is 18.3 Å². The quantitative estimate of drug-likeness (QED) is 0.677. The summed E-state index contributed by atoms with van der Waals surface area (Å²) in [5.41, 5.74) is 4.14. The maximum Gasteiger partial charge on any atom is 0.0970 e. The van der Waals surface area contributed by atoms with Crippen LogP contribution in [-0.2, 0) is 6.42 Å². The number of fused-ring (bicyclic) bond motifs is 5. The van der Waals surface area contributed by atoms with Crippen LogP contribution in [0.3, 0.4) is 0 Å². The Hall–Kier alpha value is -1.19. The Labute approximate surface area is 129 Å². The van der Waals surface area contributed by atoms with E-state index < -0.39 is 0 Å². The van der Waals surface area contributed by atoms with Gasteiger partial charge in [0, 0.05) is 29.3 Å². The third-order valence-electron chi connectivity index (χ3n) is 5.52. The molecule has 0 radical (unpaired) electrons. The van der Waals surface area contributed by atoms with Crippen LogP contribution in [0, 0.1) is 5.92 Å². The van der Waals surface area contributed by atoms with Crippen molar-refractivity contribution in [3.05, 3.63) is 39.7 Å². The predicted octanol–water partition coefficient (Wildman–Crippen LogP) is 3.91. The van der Waals surface area contributed by atoms with Crippen molar-refractivity contribution < 1.29 is 0 Å². The minimum absolute atomic E-state index is 0.726. The lowest BCUT2D eigenvalue weighted by Crippen LogP contribution is -2.43. The van der Waals surface area contributed by atoms with E-state index in [9.17, 15) is 0 Å². The molecule has 1 aromatic carbocycles. The average molecular weight is 296 g/mol. The Kier molecular flexibility index (Phi) is 2.74. The number of rotatable bonds is 1. The summed E-state index contributed by atoms with van der Waals surface area (Å²) < 4.78 is 0. The minimum atomic E-state index is 0.726. The van der Waals surface area contributed by atoms with Crippen molar-refractivity contribution in [2.45, 2.75) is 31.6 Å². The second-order valence-electron chi connectivity index (χ2n) is 6.76. The third-order valence-corrected chi connectivity index (χ3v) is 6.71. The molecule has 1 aliphatic carbocycles. The summed E-state index contributed by atoms with van der Waals surface area (Å²) in [6, 6.07) is 8.79. The highest BCUT2D eigenvalue weighted by Gasteiger charge is 2.35. The van der Waals surface area contributed by atoms with E-state index in [1.165, 1.54) is 65.6 Å². The summed E-state index contributed by atoms with van der Waals surface area (Å²) in [5.74, 6) is 1.58. The summed E-state index contributed by atoms with van der Waals surface area (Å²) in [4.78, 5) is 9.26. The van der Waals surface area contributed by atoms with Crippen molar-refractivity contribution in [3.63, 3.8) is 0 Å². The van der Waals surface area contributed by atoms with E-state index in [1.54, 1.807) is 0 Å². The van der Waals surface area contributed by atoms with Gasteiger partial charge in [-0.05, 0) is 43.8 Å². The van der Waals surface area contributed by atoms with Gasteiger partial charge in [-0.25, -0.2) is 4.98 Å². The minimum Gasteiger partial charge on any atom is -0.303 e. The molecule has 2 aliphatic heterocycles.